The summed E-state index contributed by atoms with van der Waals surface area (Å²) >= 11 is 0. The van der Waals surface area contributed by atoms with Crippen LogP contribution in [0.1, 0.15) is 68.1 Å². The van der Waals surface area contributed by atoms with E-state index in [1.807, 2.05) is 12.3 Å². The van der Waals surface area contributed by atoms with Crippen molar-refractivity contribution in [2.75, 3.05) is 0 Å². The number of fused-ring (bicyclic) bond motifs is 1. The maximum Gasteiger partial charge on any atom is 0.267 e. The number of rotatable bonds is 4. The molecule has 0 aromatic carbocycles. The lowest BCUT2D eigenvalue weighted by atomic mass is 9.90. The highest BCUT2D eigenvalue weighted by Gasteiger charge is 2.26. The zero-order chi connectivity index (χ0) is 17.2. The maximum atomic E-state index is 12.4. The molecule has 6 nitrogen and oxygen atoms in total. The summed E-state index contributed by atoms with van der Waals surface area (Å²) in [6, 6.07) is 2.70. The first-order chi connectivity index (χ1) is 12.2. The molecule has 0 radical (unpaired) electrons. The fourth-order valence-corrected chi connectivity index (χ4v) is 4.14. The van der Waals surface area contributed by atoms with Gasteiger partial charge in [0.25, 0.3) is 5.56 Å². The Morgan fingerprint density at radius 3 is 2.80 bits per heavy atom. The van der Waals surface area contributed by atoms with Crippen LogP contribution in [0.2, 0.25) is 0 Å². The molecule has 2 aromatic heterocycles. The van der Waals surface area contributed by atoms with Gasteiger partial charge in [-0.2, -0.15) is 5.10 Å². The van der Waals surface area contributed by atoms with E-state index in [9.17, 15) is 4.79 Å². The third kappa shape index (κ3) is 3.49. The molecule has 0 saturated heterocycles. The molecular weight excluding hydrogens is 314 g/mol. The van der Waals surface area contributed by atoms with E-state index >= 15 is 0 Å². The van der Waals surface area contributed by atoms with Crippen LogP contribution in [-0.2, 0) is 12.8 Å². The van der Waals surface area contributed by atoms with Crippen molar-refractivity contribution in [2.24, 2.45) is 0 Å². The normalized spacial score (nSPS) is 24.0. The molecule has 4 rings (SSSR count). The van der Waals surface area contributed by atoms with Gasteiger partial charge in [0.1, 0.15) is 0 Å². The third-order valence-electron chi connectivity index (χ3n) is 5.54. The SMILES string of the molecule is CC(NC1CCC(n2nc3c(cc2=O)CCC3)CC1)c1cnccn1. The quantitative estimate of drug-likeness (QED) is 0.926. The number of nitrogens with one attached hydrogen (secondary N) is 1. The van der Waals surface area contributed by atoms with Crippen molar-refractivity contribution in [2.45, 2.75) is 70.0 Å². The second kappa shape index (κ2) is 7.04. The van der Waals surface area contributed by atoms with Crippen molar-refractivity contribution in [1.29, 1.82) is 0 Å². The van der Waals surface area contributed by atoms with Gasteiger partial charge in [0.15, 0.2) is 0 Å². The predicted molar refractivity (Wildman–Crippen MR) is 95.4 cm³/mol. The van der Waals surface area contributed by atoms with Gasteiger partial charge in [0.05, 0.1) is 17.4 Å². The van der Waals surface area contributed by atoms with Crippen LogP contribution in [0.25, 0.3) is 0 Å². The van der Waals surface area contributed by atoms with Crippen molar-refractivity contribution in [3.8, 4) is 0 Å². The number of aromatic nitrogens is 4. The lowest BCUT2D eigenvalue weighted by Gasteiger charge is -2.31. The molecule has 1 atom stereocenters. The highest BCUT2D eigenvalue weighted by molar-refractivity contribution is 5.22. The topological polar surface area (TPSA) is 72.7 Å². The van der Waals surface area contributed by atoms with E-state index in [2.05, 4.69) is 27.3 Å². The lowest BCUT2D eigenvalue weighted by Crippen LogP contribution is -2.38. The van der Waals surface area contributed by atoms with E-state index in [-0.39, 0.29) is 17.6 Å². The van der Waals surface area contributed by atoms with Gasteiger partial charge in [-0.3, -0.25) is 14.8 Å². The third-order valence-corrected chi connectivity index (χ3v) is 5.54. The molecule has 0 aliphatic heterocycles. The summed E-state index contributed by atoms with van der Waals surface area (Å²) in [6.45, 7) is 2.13. The van der Waals surface area contributed by atoms with Gasteiger partial charge in [-0.15, -0.1) is 0 Å². The molecule has 6 heteroatoms. The maximum absolute atomic E-state index is 12.4. The molecule has 2 aliphatic carbocycles. The second-order valence-electron chi connectivity index (χ2n) is 7.28. The molecule has 1 fully saturated rings. The number of aryl methyl sites for hydroxylation is 2. The molecular formula is C19H25N5O. The Morgan fingerprint density at radius 2 is 2.04 bits per heavy atom. The van der Waals surface area contributed by atoms with E-state index in [0.29, 0.717) is 6.04 Å². The Labute approximate surface area is 147 Å². The summed E-state index contributed by atoms with van der Waals surface area (Å²) in [5.74, 6) is 0. The Morgan fingerprint density at radius 1 is 1.20 bits per heavy atom. The molecule has 1 unspecified atom stereocenters. The lowest BCUT2D eigenvalue weighted by molar-refractivity contribution is 0.257. The van der Waals surface area contributed by atoms with E-state index in [0.717, 1.165) is 61.9 Å². The van der Waals surface area contributed by atoms with Gasteiger partial charge < -0.3 is 5.32 Å². The van der Waals surface area contributed by atoms with Gasteiger partial charge in [-0.1, -0.05) is 0 Å². The van der Waals surface area contributed by atoms with Crippen LogP contribution in [0.5, 0.6) is 0 Å². The van der Waals surface area contributed by atoms with Gasteiger partial charge in [0.2, 0.25) is 0 Å². The Bertz CT molecular complexity index is 780. The minimum absolute atomic E-state index is 0.0741. The zero-order valence-electron chi connectivity index (χ0n) is 14.7. The molecule has 25 heavy (non-hydrogen) atoms. The first kappa shape index (κ1) is 16.4. The van der Waals surface area contributed by atoms with Crippen molar-refractivity contribution in [3.05, 3.63) is 52.0 Å². The van der Waals surface area contributed by atoms with E-state index in [4.69, 9.17) is 0 Å². The molecule has 1 N–H and O–H groups in total. The Balaban J connectivity index is 1.38. The highest BCUT2D eigenvalue weighted by atomic mass is 16.1. The van der Waals surface area contributed by atoms with Crippen LogP contribution < -0.4 is 10.9 Å². The van der Waals surface area contributed by atoms with Crippen LogP contribution in [0, 0.1) is 0 Å². The Kier molecular flexibility index (Phi) is 4.61. The molecule has 2 aliphatic rings. The minimum atomic E-state index is 0.0741. The van der Waals surface area contributed by atoms with E-state index < -0.39 is 0 Å². The van der Waals surface area contributed by atoms with Crippen molar-refractivity contribution in [3.63, 3.8) is 0 Å². The molecule has 0 amide bonds. The summed E-state index contributed by atoms with van der Waals surface area (Å²) in [5, 5.41) is 8.33. The molecule has 0 bridgehead atoms. The smallest absolute Gasteiger partial charge is 0.267 e. The average molecular weight is 339 g/mol. The van der Waals surface area contributed by atoms with Gasteiger partial charge >= 0.3 is 0 Å². The first-order valence-electron chi connectivity index (χ1n) is 9.34. The number of nitrogens with zero attached hydrogens (tertiary/aromatic N) is 4. The number of hydrogen-bond donors (Lipinski definition) is 1. The summed E-state index contributed by atoms with van der Waals surface area (Å²) in [4.78, 5) is 20.9. The van der Waals surface area contributed by atoms with Gasteiger partial charge in [0, 0.05) is 36.7 Å². The minimum Gasteiger partial charge on any atom is -0.306 e. The molecule has 1 saturated carbocycles. The van der Waals surface area contributed by atoms with Crippen molar-refractivity contribution < 1.29 is 0 Å². The molecule has 2 aromatic rings. The summed E-state index contributed by atoms with van der Waals surface area (Å²) in [6.07, 6.45) is 12.5. The van der Waals surface area contributed by atoms with Crippen LogP contribution in [0.4, 0.5) is 0 Å². The Hall–Kier alpha value is -2.08. The fourth-order valence-electron chi connectivity index (χ4n) is 4.14. The predicted octanol–water partition coefficient (Wildman–Crippen LogP) is 2.36. The first-order valence-corrected chi connectivity index (χ1v) is 9.34. The standard InChI is InChI=1S/C19H25N5O/c1-13(18-12-20-9-10-21-18)22-15-5-7-16(8-6-15)24-19(25)11-14-3-2-4-17(14)23-24/h9-13,15-16,22H,2-8H2,1H3. The molecule has 132 valence electrons. The van der Waals surface area contributed by atoms with E-state index in [1.54, 1.807) is 17.1 Å². The summed E-state index contributed by atoms with van der Waals surface area (Å²) in [7, 11) is 0. The summed E-state index contributed by atoms with van der Waals surface area (Å²) < 4.78 is 1.76. The fraction of sp³-hybridized carbons (Fsp3) is 0.579. The van der Waals surface area contributed by atoms with Crippen LogP contribution in [-0.4, -0.2) is 25.8 Å². The van der Waals surface area contributed by atoms with E-state index in [1.165, 1.54) is 0 Å². The second-order valence-corrected chi connectivity index (χ2v) is 7.28. The van der Waals surface area contributed by atoms with Crippen LogP contribution >= 0.6 is 0 Å². The van der Waals surface area contributed by atoms with Gasteiger partial charge in [-0.25, -0.2) is 4.68 Å². The molecule has 2 heterocycles. The number of hydrogen-bond acceptors (Lipinski definition) is 5. The van der Waals surface area contributed by atoms with Crippen LogP contribution in [0.3, 0.4) is 0 Å². The monoisotopic (exact) mass is 339 g/mol. The highest BCUT2D eigenvalue weighted by Crippen LogP contribution is 2.29. The molecule has 0 spiro atoms. The summed E-state index contributed by atoms with van der Waals surface area (Å²) in [5.41, 5.74) is 3.34. The van der Waals surface area contributed by atoms with Crippen molar-refractivity contribution in [1.82, 2.24) is 25.1 Å². The van der Waals surface area contributed by atoms with Gasteiger partial charge in [-0.05, 0) is 57.4 Å². The zero-order valence-corrected chi connectivity index (χ0v) is 14.7. The average Bonchev–Trinajstić information content (AvgIpc) is 3.09. The van der Waals surface area contributed by atoms with Crippen LogP contribution in [0.15, 0.2) is 29.5 Å². The largest absolute Gasteiger partial charge is 0.306 e. The van der Waals surface area contributed by atoms with Crippen molar-refractivity contribution >= 4 is 0 Å².